The van der Waals surface area contributed by atoms with E-state index in [1.807, 2.05) is 0 Å². The van der Waals surface area contributed by atoms with E-state index in [4.69, 9.17) is 4.43 Å². The quantitative estimate of drug-likeness (QED) is 0.303. The molecule has 0 aliphatic heterocycles. The van der Waals surface area contributed by atoms with Crippen molar-refractivity contribution in [2.45, 2.75) is 38.9 Å². The van der Waals surface area contributed by atoms with Crippen molar-refractivity contribution in [3.63, 3.8) is 0 Å². The number of hydrogen-bond donors (Lipinski definition) is 0. The van der Waals surface area contributed by atoms with Crippen molar-refractivity contribution in [3.05, 3.63) is 12.5 Å². The molecule has 13 heavy (non-hydrogen) atoms. The molecule has 0 heterocycles. The van der Waals surface area contributed by atoms with Crippen LogP contribution in [0.1, 0.15) is 20.8 Å². The predicted octanol–water partition coefficient (Wildman–Crippen LogP) is 2.82. The Bertz CT molecular complexity index is 247. The minimum absolute atomic E-state index is 0.0916. The standard InChI is InChI=1S/C9H17NO2Si/c1-8(10-7-11)12-13(5,6)9(2,3)4/h1H2,2-6H3. The molecule has 0 aliphatic carbocycles. The first-order valence-corrected chi connectivity index (χ1v) is 7.07. The summed E-state index contributed by atoms with van der Waals surface area (Å²) in [6, 6.07) is 0. The van der Waals surface area contributed by atoms with Gasteiger partial charge in [-0.15, -0.1) is 4.99 Å². The van der Waals surface area contributed by atoms with Gasteiger partial charge in [0.1, 0.15) is 0 Å². The molecule has 0 bridgehead atoms. The van der Waals surface area contributed by atoms with Crippen molar-refractivity contribution in [2.24, 2.45) is 4.99 Å². The van der Waals surface area contributed by atoms with E-state index in [9.17, 15) is 4.79 Å². The smallest absolute Gasteiger partial charge is 0.252 e. The van der Waals surface area contributed by atoms with Gasteiger partial charge in [0, 0.05) is 0 Å². The fraction of sp³-hybridized carbons (Fsp3) is 0.667. The van der Waals surface area contributed by atoms with E-state index in [0.717, 1.165) is 0 Å². The van der Waals surface area contributed by atoms with E-state index < -0.39 is 8.32 Å². The lowest BCUT2D eigenvalue weighted by atomic mass is 10.2. The lowest BCUT2D eigenvalue weighted by Gasteiger charge is -2.35. The number of carbonyl (C=O) groups excluding carboxylic acids is 1. The van der Waals surface area contributed by atoms with Crippen LogP contribution in [-0.4, -0.2) is 14.4 Å². The Morgan fingerprint density at radius 1 is 1.46 bits per heavy atom. The monoisotopic (exact) mass is 199 g/mol. The number of aliphatic imine (C=N–C) groups is 1. The van der Waals surface area contributed by atoms with Crippen LogP contribution in [0.4, 0.5) is 0 Å². The molecule has 0 atom stereocenters. The largest absolute Gasteiger partial charge is 0.531 e. The summed E-state index contributed by atoms with van der Waals surface area (Å²) >= 11 is 0. The van der Waals surface area contributed by atoms with Crippen LogP contribution in [-0.2, 0) is 9.22 Å². The molecule has 0 amide bonds. The second-order valence-corrected chi connectivity index (χ2v) is 9.18. The Morgan fingerprint density at radius 2 is 1.92 bits per heavy atom. The minimum Gasteiger partial charge on any atom is -0.531 e. The maximum Gasteiger partial charge on any atom is 0.252 e. The molecule has 3 nitrogen and oxygen atoms in total. The van der Waals surface area contributed by atoms with Gasteiger partial charge in [0.2, 0.25) is 12.0 Å². The molecule has 0 saturated heterocycles. The topological polar surface area (TPSA) is 38.7 Å². The Labute approximate surface area is 80.6 Å². The number of rotatable bonds is 3. The van der Waals surface area contributed by atoms with Crippen LogP contribution in [0.15, 0.2) is 17.5 Å². The van der Waals surface area contributed by atoms with Gasteiger partial charge >= 0.3 is 0 Å². The average molecular weight is 199 g/mol. The Morgan fingerprint density at radius 3 is 2.23 bits per heavy atom. The second-order valence-electron chi connectivity index (χ2n) is 4.46. The third-order valence-corrected chi connectivity index (χ3v) is 6.71. The van der Waals surface area contributed by atoms with E-state index >= 15 is 0 Å². The maximum atomic E-state index is 9.93. The van der Waals surface area contributed by atoms with Crippen molar-refractivity contribution in [3.8, 4) is 0 Å². The zero-order chi connectivity index (χ0) is 10.7. The first-order valence-electron chi connectivity index (χ1n) is 4.16. The molecule has 0 aromatic rings. The number of nitrogens with zero attached hydrogens (tertiary/aromatic N) is 1. The van der Waals surface area contributed by atoms with Crippen LogP contribution >= 0.6 is 0 Å². The number of isocyanates is 1. The van der Waals surface area contributed by atoms with Gasteiger partial charge < -0.3 is 4.43 Å². The van der Waals surface area contributed by atoms with Gasteiger partial charge in [-0.2, -0.15) is 0 Å². The van der Waals surface area contributed by atoms with Gasteiger partial charge in [0.05, 0.1) is 0 Å². The Kier molecular flexibility index (Phi) is 3.64. The Hall–Kier alpha value is -0.863. The molecule has 0 N–H and O–H groups in total. The molecule has 74 valence electrons. The van der Waals surface area contributed by atoms with Crippen molar-refractivity contribution < 1.29 is 9.22 Å². The first-order chi connectivity index (χ1) is 5.70. The summed E-state index contributed by atoms with van der Waals surface area (Å²) < 4.78 is 5.56. The van der Waals surface area contributed by atoms with E-state index in [-0.39, 0.29) is 10.9 Å². The average Bonchev–Trinajstić information content (AvgIpc) is 1.83. The zero-order valence-corrected chi connectivity index (χ0v) is 9.97. The molecule has 0 aromatic heterocycles. The van der Waals surface area contributed by atoms with Crippen LogP contribution in [0, 0.1) is 0 Å². The summed E-state index contributed by atoms with van der Waals surface area (Å²) in [7, 11) is -1.88. The number of hydrogen-bond acceptors (Lipinski definition) is 3. The molecule has 0 aliphatic rings. The molecule has 0 unspecified atom stereocenters. The van der Waals surface area contributed by atoms with Crippen molar-refractivity contribution >= 4 is 14.4 Å². The first kappa shape index (κ1) is 12.1. The molecular weight excluding hydrogens is 182 g/mol. The van der Waals surface area contributed by atoms with Crippen LogP contribution < -0.4 is 0 Å². The summed E-state index contributed by atoms with van der Waals surface area (Å²) in [4.78, 5) is 13.3. The third kappa shape index (κ3) is 3.57. The lowest BCUT2D eigenvalue weighted by Crippen LogP contribution is -2.40. The molecule has 0 rings (SSSR count). The van der Waals surface area contributed by atoms with Crippen LogP contribution in [0.3, 0.4) is 0 Å². The highest BCUT2D eigenvalue weighted by molar-refractivity contribution is 6.74. The fourth-order valence-corrected chi connectivity index (χ4v) is 1.46. The molecule has 0 saturated carbocycles. The summed E-state index contributed by atoms with van der Waals surface area (Å²) in [6.45, 7) is 14.0. The van der Waals surface area contributed by atoms with E-state index in [1.54, 1.807) is 0 Å². The normalized spacial score (nSPS) is 11.8. The lowest BCUT2D eigenvalue weighted by molar-refractivity contribution is 0.382. The van der Waals surface area contributed by atoms with Gasteiger partial charge in [-0.1, -0.05) is 20.8 Å². The molecule has 0 radical (unpaired) electrons. The second kappa shape index (κ2) is 3.90. The summed E-state index contributed by atoms with van der Waals surface area (Å²) in [5.74, 6) is 0.168. The van der Waals surface area contributed by atoms with Crippen molar-refractivity contribution in [1.29, 1.82) is 0 Å². The van der Waals surface area contributed by atoms with Gasteiger partial charge in [-0.05, 0) is 24.7 Å². The van der Waals surface area contributed by atoms with Crippen molar-refractivity contribution in [1.82, 2.24) is 0 Å². The van der Waals surface area contributed by atoms with Crippen LogP contribution in [0.25, 0.3) is 0 Å². The molecule has 4 heteroatoms. The van der Waals surface area contributed by atoms with Crippen molar-refractivity contribution in [2.75, 3.05) is 0 Å². The Balaban J connectivity index is 4.52. The van der Waals surface area contributed by atoms with Crippen LogP contribution in [0.5, 0.6) is 0 Å². The predicted molar refractivity (Wildman–Crippen MR) is 55.5 cm³/mol. The maximum absolute atomic E-state index is 9.93. The summed E-state index contributed by atoms with van der Waals surface area (Å²) in [5.41, 5.74) is 0. The fourth-order valence-electron chi connectivity index (χ4n) is 0.521. The molecule has 0 fully saturated rings. The third-order valence-electron chi connectivity index (χ3n) is 2.35. The van der Waals surface area contributed by atoms with E-state index in [2.05, 4.69) is 45.4 Å². The van der Waals surface area contributed by atoms with Gasteiger partial charge in [-0.3, -0.25) is 0 Å². The highest BCUT2D eigenvalue weighted by Crippen LogP contribution is 2.37. The van der Waals surface area contributed by atoms with E-state index in [0.29, 0.717) is 0 Å². The van der Waals surface area contributed by atoms with E-state index in [1.165, 1.54) is 6.08 Å². The van der Waals surface area contributed by atoms with Gasteiger partial charge in [-0.25, -0.2) is 4.79 Å². The van der Waals surface area contributed by atoms with Crippen LogP contribution in [0.2, 0.25) is 18.1 Å². The molecule has 0 aromatic carbocycles. The SMILES string of the molecule is C=C(N=C=O)O[Si](C)(C)C(C)(C)C. The van der Waals surface area contributed by atoms with Gasteiger partial charge in [0.25, 0.3) is 8.32 Å². The highest BCUT2D eigenvalue weighted by atomic mass is 28.4. The van der Waals surface area contributed by atoms with Gasteiger partial charge in [0.15, 0.2) is 0 Å². The highest BCUT2D eigenvalue weighted by Gasteiger charge is 2.39. The zero-order valence-electron chi connectivity index (χ0n) is 8.97. The minimum atomic E-state index is -1.88. The molecule has 0 spiro atoms. The summed E-state index contributed by atoms with van der Waals surface area (Å²) in [6.07, 6.45) is 1.41. The summed E-state index contributed by atoms with van der Waals surface area (Å²) in [5, 5.41) is 0.0916. The molecular formula is C9H17NO2Si.